The van der Waals surface area contributed by atoms with Crippen molar-refractivity contribution in [1.29, 1.82) is 0 Å². The van der Waals surface area contributed by atoms with Gasteiger partial charge in [-0.05, 0) is 31.2 Å². The summed E-state index contributed by atoms with van der Waals surface area (Å²) in [4.78, 5) is 25.6. The predicted octanol–water partition coefficient (Wildman–Crippen LogP) is 1.17. The normalized spacial score (nSPS) is 16.4. The van der Waals surface area contributed by atoms with E-state index in [-0.39, 0.29) is 28.5 Å². The number of sulfonamides is 1. The minimum absolute atomic E-state index is 0.179. The van der Waals surface area contributed by atoms with Gasteiger partial charge in [0.25, 0.3) is 10.0 Å². The first kappa shape index (κ1) is 18.9. The zero-order valence-electron chi connectivity index (χ0n) is 13.8. The largest absolute Gasteiger partial charge is 0.466 e. The third-order valence-corrected chi connectivity index (χ3v) is 7.16. The summed E-state index contributed by atoms with van der Waals surface area (Å²) in [6, 6.07) is 3.18. The molecule has 1 saturated heterocycles. The van der Waals surface area contributed by atoms with Gasteiger partial charge in [-0.15, -0.1) is 11.3 Å². The molecule has 0 spiro atoms. The number of rotatable bonds is 6. The number of nitrogens with zero attached hydrogens (tertiary/aromatic N) is 2. The molecule has 7 nitrogen and oxygen atoms in total. The van der Waals surface area contributed by atoms with Crippen LogP contribution in [-0.2, 0) is 24.3 Å². The molecule has 1 amide bonds. The second kappa shape index (κ2) is 8.09. The molecule has 0 bridgehead atoms. The van der Waals surface area contributed by atoms with Crippen LogP contribution in [0.15, 0.2) is 21.7 Å². The summed E-state index contributed by atoms with van der Waals surface area (Å²) in [6.07, 6.45) is 1.10. The number of carbonyl (C=O) groups is 2. The lowest BCUT2D eigenvalue weighted by atomic mass is 9.97. The van der Waals surface area contributed by atoms with Gasteiger partial charge in [0, 0.05) is 20.1 Å². The van der Waals surface area contributed by atoms with E-state index in [0.29, 0.717) is 32.5 Å². The van der Waals surface area contributed by atoms with E-state index in [1.807, 2.05) is 0 Å². The van der Waals surface area contributed by atoms with Gasteiger partial charge in [-0.2, -0.15) is 4.31 Å². The first-order valence-electron chi connectivity index (χ1n) is 7.80. The molecule has 1 aromatic heterocycles. The Labute approximate surface area is 146 Å². The minimum atomic E-state index is -3.63. The molecule has 1 aliphatic rings. The monoisotopic (exact) mass is 374 g/mol. The number of hydrogen-bond acceptors (Lipinski definition) is 6. The molecule has 1 aromatic rings. The molecule has 134 valence electrons. The van der Waals surface area contributed by atoms with Gasteiger partial charge in [0.2, 0.25) is 5.91 Å². The molecule has 0 radical (unpaired) electrons. The van der Waals surface area contributed by atoms with Crippen LogP contribution in [0.3, 0.4) is 0 Å². The second-order valence-electron chi connectivity index (χ2n) is 5.60. The van der Waals surface area contributed by atoms with Gasteiger partial charge in [-0.1, -0.05) is 6.07 Å². The lowest BCUT2D eigenvalue weighted by Gasteiger charge is -2.31. The molecular formula is C15H22N2O5S2. The molecule has 1 aliphatic heterocycles. The molecule has 24 heavy (non-hydrogen) atoms. The summed E-state index contributed by atoms with van der Waals surface area (Å²) in [5, 5.41) is 1.68. The first-order valence-corrected chi connectivity index (χ1v) is 10.1. The highest BCUT2D eigenvalue weighted by atomic mass is 32.2. The number of likely N-dealkylation sites (N-methyl/N-ethyl adjacent to an activating group) is 1. The van der Waals surface area contributed by atoms with Gasteiger partial charge < -0.3 is 9.64 Å². The van der Waals surface area contributed by atoms with E-state index in [2.05, 4.69) is 0 Å². The maximum absolute atomic E-state index is 12.3. The Morgan fingerprint density at radius 1 is 1.38 bits per heavy atom. The van der Waals surface area contributed by atoms with Crippen molar-refractivity contribution in [2.24, 2.45) is 5.92 Å². The molecule has 0 aromatic carbocycles. The van der Waals surface area contributed by atoms with Crippen LogP contribution in [0.2, 0.25) is 0 Å². The molecule has 1 fully saturated rings. The number of ether oxygens (including phenoxy) is 1. The lowest BCUT2D eigenvalue weighted by Crippen LogP contribution is -2.45. The highest BCUT2D eigenvalue weighted by Gasteiger charge is 2.30. The summed E-state index contributed by atoms with van der Waals surface area (Å²) >= 11 is 1.12. The average Bonchev–Trinajstić information content (AvgIpc) is 3.10. The van der Waals surface area contributed by atoms with E-state index in [1.54, 1.807) is 23.3 Å². The van der Waals surface area contributed by atoms with Crippen molar-refractivity contribution in [3.8, 4) is 0 Å². The number of likely N-dealkylation sites (tertiary alicyclic amines) is 1. The van der Waals surface area contributed by atoms with Crippen LogP contribution in [-0.4, -0.2) is 62.8 Å². The van der Waals surface area contributed by atoms with Crippen molar-refractivity contribution in [3.63, 3.8) is 0 Å². The van der Waals surface area contributed by atoms with Gasteiger partial charge in [-0.25, -0.2) is 8.42 Å². The third-order valence-electron chi connectivity index (χ3n) is 3.99. The van der Waals surface area contributed by atoms with Crippen molar-refractivity contribution < 1.29 is 22.7 Å². The Hall–Kier alpha value is -1.45. The molecule has 0 saturated carbocycles. The third kappa shape index (κ3) is 4.34. The van der Waals surface area contributed by atoms with E-state index in [9.17, 15) is 18.0 Å². The molecule has 2 rings (SSSR count). The predicted molar refractivity (Wildman–Crippen MR) is 90.1 cm³/mol. The molecular weight excluding hydrogens is 352 g/mol. The van der Waals surface area contributed by atoms with Crippen LogP contribution in [0.4, 0.5) is 0 Å². The van der Waals surface area contributed by atoms with Gasteiger partial charge in [0.15, 0.2) is 0 Å². The maximum atomic E-state index is 12.3. The standard InChI is InChI=1S/C15H22N2O5S2/c1-3-22-15(19)12-6-8-17(9-7-12)13(18)11-16(2)24(20,21)14-5-4-10-23-14/h4-5,10,12H,3,6-9,11H2,1-2H3. The number of thiophene rings is 1. The fourth-order valence-corrected chi connectivity index (χ4v) is 4.89. The SMILES string of the molecule is CCOC(=O)C1CCN(C(=O)CN(C)S(=O)(=O)c2cccs2)CC1. The minimum Gasteiger partial charge on any atom is -0.466 e. The lowest BCUT2D eigenvalue weighted by molar-refractivity contribution is -0.151. The summed E-state index contributed by atoms with van der Waals surface area (Å²) < 4.78 is 30.9. The summed E-state index contributed by atoms with van der Waals surface area (Å²) in [6.45, 7) is 2.79. The zero-order valence-corrected chi connectivity index (χ0v) is 15.4. The Balaban J connectivity index is 1.89. The van der Waals surface area contributed by atoms with Gasteiger partial charge in [-0.3, -0.25) is 9.59 Å². The molecule has 0 unspecified atom stereocenters. The summed E-state index contributed by atoms with van der Waals surface area (Å²) in [7, 11) is -2.23. The van der Waals surface area contributed by atoms with Crippen LogP contribution >= 0.6 is 11.3 Å². The van der Waals surface area contributed by atoms with Gasteiger partial charge >= 0.3 is 5.97 Å². The highest BCUT2D eigenvalue weighted by molar-refractivity contribution is 7.91. The van der Waals surface area contributed by atoms with Gasteiger partial charge in [0.05, 0.1) is 19.1 Å². The Bertz CT molecular complexity index is 664. The van der Waals surface area contributed by atoms with E-state index < -0.39 is 10.0 Å². The van der Waals surface area contributed by atoms with E-state index in [4.69, 9.17) is 4.74 Å². The number of hydrogen-bond donors (Lipinski definition) is 0. The number of carbonyl (C=O) groups excluding carboxylic acids is 2. The fraction of sp³-hybridized carbons (Fsp3) is 0.600. The number of esters is 1. The number of amides is 1. The second-order valence-corrected chi connectivity index (χ2v) is 8.82. The van der Waals surface area contributed by atoms with E-state index in [0.717, 1.165) is 15.6 Å². The van der Waals surface area contributed by atoms with E-state index >= 15 is 0 Å². The van der Waals surface area contributed by atoms with Crippen LogP contribution in [0.1, 0.15) is 19.8 Å². The average molecular weight is 374 g/mol. The van der Waals surface area contributed by atoms with Crippen molar-refractivity contribution in [2.45, 2.75) is 24.0 Å². The molecule has 0 N–H and O–H groups in total. The summed E-state index contributed by atoms with van der Waals surface area (Å²) in [5.74, 6) is -0.650. The maximum Gasteiger partial charge on any atom is 0.309 e. The quantitative estimate of drug-likeness (QED) is 0.698. The topological polar surface area (TPSA) is 84.0 Å². The first-order chi connectivity index (χ1) is 11.4. The van der Waals surface area contributed by atoms with Crippen LogP contribution < -0.4 is 0 Å². The smallest absolute Gasteiger partial charge is 0.309 e. The van der Waals surface area contributed by atoms with Gasteiger partial charge in [0.1, 0.15) is 4.21 Å². The van der Waals surface area contributed by atoms with E-state index in [1.165, 1.54) is 13.1 Å². The highest BCUT2D eigenvalue weighted by Crippen LogP contribution is 2.21. The molecule has 2 heterocycles. The Morgan fingerprint density at radius 3 is 2.58 bits per heavy atom. The fourth-order valence-electron chi connectivity index (χ4n) is 2.56. The van der Waals surface area contributed by atoms with Crippen molar-refractivity contribution in [3.05, 3.63) is 17.5 Å². The molecule has 9 heteroatoms. The zero-order chi connectivity index (χ0) is 17.7. The van der Waals surface area contributed by atoms with Crippen LogP contribution in [0.25, 0.3) is 0 Å². The molecule has 0 aliphatic carbocycles. The molecule has 0 atom stereocenters. The van der Waals surface area contributed by atoms with Crippen molar-refractivity contribution in [2.75, 3.05) is 33.3 Å². The van der Waals surface area contributed by atoms with Crippen LogP contribution in [0.5, 0.6) is 0 Å². The van der Waals surface area contributed by atoms with Crippen LogP contribution in [0, 0.1) is 5.92 Å². The number of piperidine rings is 1. The summed E-state index contributed by atoms with van der Waals surface area (Å²) in [5.41, 5.74) is 0. The Morgan fingerprint density at radius 2 is 2.04 bits per heavy atom. The van der Waals surface area contributed by atoms with Crippen molar-refractivity contribution in [1.82, 2.24) is 9.21 Å². The Kier molecular flexibility index (Phi) is 6.36. The van der Waals surface area contributed by atoms with Crippen molar-refractivity contribution >= 4 is 33.2 Å².